The molecule has 0 fully saturated rings. The SMILES string of the molecule is N#CC(C#N)=C(C#N)Nc1cccc(-c2cnc3ccccc3n2)c1. The van der Waals surface area contributed by atoms with Crippen molar-refractivity contribution in [3.05, 3.63) is 66.0 Å². The Labute approximate surface area is 143 Å². The lowest BCUT2D eigenvalue weighted by Gasteiger charge is -2.07. The Kier molecular flexibility index (Phi) is 4.34. The molecule has 0 saturated carbocycles. The molecule has 0 amide bonds. The summed E-state index contributed by atoms with van der Waals surface area (Å²) >= 11 is 0. The van der Waals surface area contributed by atoms with Crippen molar-refractivity contribution in [3.63, 3.8) is 0 Å². The molecule has 0 saturated heterocycles. The van der Waals surface area contributed by atoms with Crippen molar-refractivity contribution in [1.82, 2.24) is 9.97 Å². The maximum Gasteiger partial charge on any atom is 0.163 e. The van der Waals surface area contributed by atoms with Gasteiger partial charge in [-0.2, -0.15) is 15.8 Å². The van der Waals surface area contributed by atoms with E-state index in [1.807, 2.05) is 36.4 Å². The predicted molar refractivity (Wildman–Crippen MR) is 92.5 cm³/mol. The van der Waals surface area contributed by atoms with Crippen molar-refractivity contribution in [1.29, 1.82) is 15.8 Å². The van der Waals surface area contributed by atoms with Crippen molar-refractivity contribution in [3.8, 4) is 29.5 Å². The van der Waals surface area contributed by atoms with Crippen LogP contribution < -0.4 is 5.32 Å². The summed E-state index contributed by atoms with van der Waals surface area (Å²) in [6.45, 7) is 0. The van der Waals surface area contributed by atoms with Crippen LogP contribution >= 0.6 is 0 Å². The average Bonchev–Trinajstić information content (AvgIpc) is 2.68. The van der Waals surface area contributed by atoms with Crippen LogP contribution in [0.4, 0.5) is 5.69 Å². The Hall–Kier alpha value is -4.21. The first-order valence-electron chi connectivity index (χ1n) is 7.29. The number of aromatic nitrogens is 2. The number of anilines is 1. The minimum Gasteiger partial charge on any atom is -0.345 e. The molecule has 0 aliphatic carbocycles. The molecule has 6 heteroatoms. The number of para-hydroxylation sites is 2. The van der Waals surface area contributed by atoms with E-state index in [1.165, 1.54) is 0 Å². The quantitative estimate of drug-likeness (QED) is 0.739. The van der Waals surface area contributed by atoms with Crippen LogP contribution in [0.25, 0.3) is 22.3 Å². The standard InChI is InChI=1S/C19H10N6/c20-9-14(10-21)18(11-22)24-15-5-3-4-13(8-15)19-12-23-16-6-1-2-7-17(16)25-19/h1-8,12,24H. The molecule has 0 aliphatic rings. The van der Waals surface area contributed by atoms with Crippen molar-refractivity contribution >= 4 is 16.7 Å². The minimum atomic E-state index is -0.265. The molecule has 3 aromatic rings. The van der Waals surface area contributed by atoms with Gasteiger partial charge in [0.2, 0.25) is 0 Å². The van der Waals surface area contributed by atoms with Gasteiger partial charge in [0.25, 0.3) is 0 Å². The summed E-state index contributed by atoms with van der Waals surface area (Å²) in [5, 5.41) is 29.7. The van der Waals surface area contributed by atoms with Gasteiger partial charge < -0.3 is 5.32 Å². The summed E-state index contributed by atoms with van der Waals surface area (Å²) < 4.78 is 0. The number of nitrogens with one attached hydrogen (secondary N) is 1. The van der Waals surface area contributed by atoms with E-state index in [-0.39, 0.29) is 11.3 Å². The zero-order chi connectivity index (χ0) is 17.6. The van der Waals surface area contributed by atoms with Crippen molar-refractivity contribution in [2.24, 2.45) is 0 Å². The maximum atomic E-state index is 9.13. The molecular weight excluding hydrogens is 312 g/mol. The molecule has 1 N–H and O–H groups in total. The molecule has 116 valence electrons. The summed E-state index contributed by atoms with van der Waals surface area (Å²) in [6.07, 6.45) is 1.68. The van der Waals surface area contributed by atoms with Crippen LogP contribution in [0.5, 0.6) is 0 Å². The fourth-order valence-corrected chi connectivity index (χ4v) is 2.28. The van der Waals surface area contributed by atoms with E-state index in [4.69, 9.17) is 15.8 Å². The van der Waals surface area contributed by atoms with Gasteiger partial charge in [-0.25, -0.2) is 4.98 Å². The van der Waals surface area contributed by atoms with E-state index in [9.17, 15) is 0 Å². The van der Waals surface area contributed by atoms with Crippen LogP contribution in [-0.4, -0.2) is 9.97 Å². The van der Waals surface area contributed by atoms with Crippen LogP contribution in [0.2, 0.25) is 0 Å². The molecule has 2 aromatic carbocycles. The van der Waals surface area contributed by atoms with E-state index in [2.05, 4.69) is 15.3 Å². The Morgan fingerprint density at radius 2 is 1.64 bits per heavy atom. The predicted octanol–water partition coefficient (Wildman–Crippen LogP) is 3.53. The lowest BCUT2D eigenvalue weighted by atomic mass is 10.1. The lowest BCUT2D eigenvalue weighted by molar-refractivity contribution is 1.29. The van der Waals surface area contributed by atoms with Gasteiger partial charge in [0.15, 0.2) is 5.57 Å². The Morgan fingerprint density at radius 1 is 0.880 bits per heavy atom. The first-order chi connectivity index (χ1) is 12.2. The van der Waals surface area contributed by atoms with Crippen LogP contribution in [-0.2, 0) is 0 Å². The molecule has 0 unspecified atom stereocenters. The van der Waals surface area contributed by atoms with Gasteiger partial charge in [-0.05, 0) is 24.3 Å². The molecule has 3 rings (SSSR count). The highest BCUT2D eigenvalue weighted by atomic mass is 14.9. The molecule has 0 radical (unpaired) electrons. The summed E-state index contributed by atoms with van der Waals surface area (Å²) in [6, 6.07) is 20.0. The molecule has 0 bridgehead atoms. The van der Waals surface area contributed by atoms with E-state index >= 15 is 0 Å². The number of benzene rings is 2. The summed E-state index contributed by atoms with van der Waals surface area (Å²) in [4.78, 5) is 8.97. The maximum absolute atomic E-state index is 9.13. The average molecular weight is 322 g/mol. The first kappa shape index (κ1) is 15.7. The largest absolute Gasteiger partial charge is 0.345 e. The molecule has 1 aromatic heterocycles. The molecule has 0 spiro atoms. The fourth-order valence-electron chi connectivity index (χ4n) is 2.28. The first-order valence-corrected chi connectivity index (χ1v) is 7.29. The molecular formula is C19H10N6. The van der Waals surface area contributed by atoms with Gasteiger partial charge >= 0.3 is 0 Å². The number of rotatable bonds is 3. The van der Waals surface area contributed by atoms with Crippen LogP contribution in [0.15, 0.2) is 66.0 Å². The molecule has 6 nitrogen and oxygen atoms in total. The number of allylic oxidation sites excluding steroid dienone is 2. The van der Waals surface area contributed by atoms with E-state index < -0.39 is 0 Å². The molecule has 25 heavy (non-hydrogen) atoms. The normalized spacial score (nSPS) is 9.48. The third kappa shape index (κ3) is 3.27. The van der Waals surface area contributed by atoms with Gasteiger partial charge in [0, 0.05) is 11.3 Å². The number of nitrogens with zero attached hydrogens (tertiary/aromatic N) is 5. The zero-order valence-corrected chi connectivity index (χ0v) is 12.9. The number of hydrogen-bond acceptors (Lipinski definition) is 6. The van der Waals surface area contributed by atoms with Gasteiger partial charge in [0.05, 0.1) is 22.9 Å². The van der Waals surface area contributed by atoms with Crippen LogP contribution in [0.1, 0.15) is 0 Å². The third-order valence-corrected chi connectivity index (χ3v) is 3.46. The lowest BCUT2D eigenvalue weighted by Crippen LogP contribution is -2.00. The van der Waals surface area contributed by atoms with Gasteiger partial charge in [-0.3, -0.25) is 4.98 Å². The second-order valence-corrected chi connectivity index (χ2v) is 5.04. The van der Waals surface area contributed by atoms with Crippen molar-refractivity contribution < 1.29 is 0 Å². The highest BCUT2D eigenvalue weighted by Crippen LogP contribution is 2.23. The van der Waals surface area contributed by atoms with E-state index in [1.54, 1.807) is 36.5 Å². The molecule has 0 aliphatic heterocycles. The topological polar surface area (TPSA) is 109 Å². The molecule has 1 heterocycles. The molecule has 0 atom stereocenters. The monoisotopic (exact) mass is 322 g/mol. The fraction of sp³-hybridized carbons (Fsp3) is 0. The van der Waals surface area contributed by atoms with E-state index in [0.29, 0.717) is 11.4 Å². The third-order valence-electron chi connectivity index (χ3n) is 3.46. The van der Waals surface area contributed by atoms with Crippen molar-refractivity contribution in [2.75, 3.05) is 5.32 Å². The van der Waals surface area contributed by atoms with Crippen LogP contribution in [0.3, 0.4) is 0 Å². The highest BCUT2D eigenvalue weighted by Gasteiger charge is 2.08. The summed E-state index contributed by atoms with van der Waals surface area (Å²) in [5.74, 6) is 0. The van der Waals surface area contributed by atoms with Gasteiger partial charge in [-0.1, -0.05) is 24.3 Å². The smallest absolute Gasteiger partial charge is 0.163 e. The minimum absolute atomic E-state index is 0.0910. The second kappa shape index (κ2) is 6.91. The number of fused-ring (bicyclic) bond motifs is 1. The highest BCUT2D eigenvalue weighted by molar-refractivity contribution is 5.77. The van der Waals surface area contributed by atoms with E-state index in [0.717, 1.165) is 16.6 Å². The summed E-state index contributed by atoms with van der Waals surface area (Å²) in [5.41, 5.74) is 3.30. The second-order valence-electron chi connectivity index (χ2n) is 5.04. The van der Waals surface area contributed by atoms with Crippen LogP contribution in [0, 0.1) is 34.0 Å². The van der Waals surface area contributed by atoms with Gasteiger partial charge in [0.1, 0.15) is 23.9 Å². The zero-order valence-electron chi connectivity index (χ0n) is 12.9. The number of nitriles is 3. The Morgan fingerprint density at radius 3 is 2.36 bits per heavy atom. The van der Waals surface area contributed by atoms with Crippen molar-refractivity contribution in [2.45, 2.75) is 0 Å². The summed E-state index contributed by atoms with van der Waals surface area (Å²) in [7, 11) is 0. The Bertz CT molecular complexity index is 1090. The van der Waals surface area contributed by atoms with Gasteiger partial charge in [-0.15, -0.1) is 0 Å². The Balaban J connectivity index is 1.99. The number of hydrogen-bond donors (Lipinski definition) is 1.